The maximum absolute atomic E-state index is 13.7. The molecular formula is C39H44N12O6. The van der Waals surface area contributed by atoms with Gasteiger partial charge >= 0.3 is 0 Å². The van der Waals surface area contributed by atoms with Crippen LogP contribution in [-0.2, 0) is 24.4 Å². The van der Waals surface area contributed by atoms with E-state index < -0.39 is 11.8 Å². The number of methoxy groups -OCH3 is 1. The summed E-state index contributed by atoms with van der Waals surface area (Å²) in [5.74, 6) is 0.0208. The van der Waals surface area contributed by atoms with Crippen molar-refractivity contribution in [2.24, 2.45) is 5.73 Å². The number of ether oxygens (including phenoxy) is 3. The molecule has 2 aromatic carbocycles. The number of carbonyl (C=O) groups is 3. The average Bonchev–Trinajstić information content (AvgIpc) is 3.97. The molecule has 5 heterocycles. The molecule has 0 saturated heterocycles. The quantitative estimate of drug-likeness (QED) is 0.114. The van der Waals surface area contributed by atoms with E-state index in [0.717, 1.165) is 0 Å². The number of nitrogens with zero attached hydrogens (tertiary/aromatic N) is 9. The van der Waals surface area contributed by atoms with Gasteiger partial charge < -0.3 is 29.1 Å². The summed E-state index contributed by atoms with van der Waals surface area (Å²) in [5.41, 5.74) is 10.7. The lowest BCUT2D eigenvalue weighted by atomic mass is 10.1. The first-order valence-corrected chi connectivity index (χ1v) is 18.8. The molecule has 57 heavy (non-hydrogen) atoms. The normalized spacial score (nSPS) is 13.4. The van der Waals surface area contributed by atoms with Gasteiger partial charge in [0.2, 0.25) is 17.8 Å². The summed E-state index contributed by atoms with van der Waals surface area (Å²) in [6, 6.07) is 11.8. The van der Waals surface area contributed by atoms with E-state index in [1.807, 2.05) is 36.8 Å². The van der Waals surface area contributed by atoms with E-state index in [9.17, 15) is 19.6 Å². The van der Waals surface area contributed by atoms with Gasteiger partial charge in [0.1, 0.15) is 40.5 Å². The van der Waals surface area contributed by atoms with Crippen LogP contribution >= 0.6 is 0 Å². The Balaban J connectivity index is 1.24. The average molecular weight is 777 g/mol. The predicted molar refractivity (Wildman–Crippen MR) is 210 cm³/mol. The molecule has 4 aromatic heterocycles. The summed E-state index contributed by atoms with van der Waals surface area (Å²) < 4.78 is 24.7. The van der Waals surface area contributed by atoms with Gasteiger partial charge in [-0.1, -0.05) is 0 Å². The van der Waals surface area contributed by atoms with E-state index in [0.29, 0.717) is 120 Å². The van der Waals surface area contributed by atoms with E-state index in [-0.39, 0.29) is 30.1 Å². The molecule has 1 aliphatic rings. The number of amides is 3. The van der Waals surface area contributed by atoms with Crippen LogP contribution in [0.25, 0.3) is 22.1 Å². The molecule has 296 valence electrons. The molecule has 18 heteroatoms. The SMILES string of the molecule is CCn1nc(C)cc1C(=O)Nc1nc2cc(C(N)=O)cc(OCCCOC)c2n1CCC[C@H]1COc2cc(C#N)cc3nc(NC(=O)c4cc(C)nn4CC)n1c23. The molecule has 1 atom stereocenters. The van der Waals surface area contributed by atoms with Crippen LogP contribution in [0.3, 0.4) is 0 Å². The maximum Gasteiger partial charge on any atom is 0.276 e. The fraction of sp³-hybridized carbons (Fsp3) is 0.385. The molecule has 0 bridgehead atoms. The van der Waals surface area contributed by atoms with Gasteiger partial charge in [0.05, 0.1) is 46.7 Å². The van der Waals surface area contributed by atoms with Crippen molar-refractivity contribution in [3.05, 3.63) is 70.3 Å². The molecular weight excluding hydrogens is 733 g/mol. The number of imidazole rings is 2. The van der Waals surface area contributed by atoms with Gasteiger partial charge in [0.15, 0.2) is 0 Å². The predicted octanol–water partition coefficient (Wildman–Crippen LogP) is 4.74. The first kappa shape index (κ1) is 38.5. The molecule has 0 unspecified atom stereocenters. The van der Waals surface area contributed by atoms with Crippen molar-refractivity contribution < 1.29 is 28.6 Å². The number of hydrogen-bond donors (Lipinski definition) is 3. The lowest BCUT2D eigenvalue weighted by Gasteiger charge is -2.27. The van der Waals surface area contributed by atoms with E-state index in [1.54, 1.807) is 52.9 Å². The number of fused-ring (bicyclic) bond motifs is 1. The third kappa shape index (κ3) is 7.61. The Morgan fingerprint density at radius 3 is 2.18 bits per heavy atom. The van der Waals surface area contributed by atoms with Crippen molar-refractivity contribution in [3.63, 3.8) is 0 Å². The fourth-order valence-electron chi connectivity index (χ4n) is 7.22. The summed E-state index contributed by atoms with van der Waals surface area (Å²) >= 11 is 0. The zero-order valence-corrected chi connectivity index (χ0v) is 32.5. The minimum atomic E-state index is -0.649. The van der Waals surface area contributed by atoms with Crippen LogP contribution in [0, 0.1) is 25.2 Å². The van der Waals surface area contributed by atoms with Crippen molar-refractivity contribution in [2.75, 3.05) is 37.6 Å². The number of rotatable bonds is 16. The Kier molecular flexibility index (Phi) is 10.9. The first-order valence-electron chi connectivity index (χ1n) is 18.8. The van der Waals surface area contributed by atoms with Crippen LogP contribution in [0.15, 0.2) is 36.4 Å². The molecule has 3 amide bonds. The smallest absolute Gasteiger partial charge is 0.276 e. The highest BCUT2D eigenvalue weighted by atomic mass is 16.5. The van der Waals surface area contributed by atoms with Crippen molar-refractivity contribution in [1.82, 2.24) is 38.7 Å². The molecule has 1 aliphatic heterocycles. The number of nitrogens with two attached hydrogens (primary N) is 1. The number of nitriles is 1. The Labute approximate surface area is 327 Å². The van der Waals surface area contributed by atoms with Crippen molar-refractivity contribution in [1.29, 1.82) is 5.26 Å². The molecule has 0 radical (unpaired) electrons. The molecule has 6 aromatic rings. The zero-order valence-electron chi connectivity index (χ0n) is 32.5. The number of nitrogens with one attached hydrogen (secondary N) is 2. The van der Waals surface area contributed by atoms with Gasteiger partial charge in [-0.2, -0.15) is 15.5 Å². The summed E-state index contributed by atoms with van der Waals surface area (Å²) in [5, 5.41) is 24.5. The van der Waals surface area contributed by atoms with Crippen LogP contribution in [0.4, 0.5) is 11.9 Å². The van der Waals surface area contributed by atoms with Crippen LogP contribution in [-0.4, -0.2) is 83.3 Å². The Morgan fingerprint density at radius 2 is 1.54 bits per heavy atom. The lowest BCUT2D eigenvalue weighted by molar-refractivity contribution is 0.0994. The highest BCUT2D eigenvalue weighted by Gasteiger charge is 2.30. The Bertz CT molecular complexity index is 2560. The van der Waals surface area contributed by atoms with Crippen molar-refractivity contribution in [3.8, 4) is 17.6 Å². The molecule has 7 rings (SSSR count). The highest BCUT2D eigenvalue weighted by molar-refractivity contribution is 6.05. The number of carbonyl (C=O) groups excluding carboxylic acids is 3. The van der Waals surface area contributed by atoms with Crippen LogP contribution in [0.1, 0.15) is 87.4 Å². The fourth-order valence-corrected chi connectivity index (χ4v) is 7.22. The molecule has 0 aliphatic carbocycles. The summed E-state index contributed by atoms with van der Waals surface area (Å²) in [6.07, 6.45) is 1.67. The molecule has 4 N–H and O–H groups in total. The standard InChI is InChI=1S/C39H44N12O6/c1-6-49-29(14-22(3)46-49)36(53)44-38-42-28-18-25(35(41)52)19-32(56-13-9-12-55-5)33(28)48(38)11-8-10-26-21-57-31-17-24(20-40)16-27-34(31)51(26)39(43-27)45-37(54)30-15-23(4)47-50(30)7-2/h14-19,26H,6-13,21H2,1-5H3,(H2,41,52)(H,42,44,53)(H,43,45,54)/t26-/m0/s1. The summed E-state index contributed by atoms with van der Waals surface area (Å²) in [7, 11) is 1.61. The molecule has 0 saturated carbocycles. The summed E-state index contributed by atoms with van der Waals surface area (Å²) in [6.45, 7) is 9.82. The van der Waals surface area contributed by atoms with Gasteiger partial charge in [-0.15, -0.1) is 0 Å². The number of aromatic nitrogens is 8. The third-order valence-electron chi connectivity index (χ3n) is 9.76. The van der Waals surface area contributed by atoms with Gasteiger partial charge in [0.25, 0.3) is 11.8 Å². The topological polar surface area (TPSA) is 224 Å². The van der Waals surface area contributed by atoms with Crippen molar-refractivity contribution in [2.45, 2.75) is 72.6 Å². The van der Waals surface area contributed by atoms with Gasteiger partial charge in [-0.05, 0) is 70.9 Å². The van der Waals surface area contributed by atoms with E-state index >= 15 is 0 Å². The number of benzene rings is 2. The molecule has 0 spiro atoms. The zero-order chi connectivity index (χ0) is 40.4. The first-order chi connectivity index (χ1) is 27.5. The van der Waals surface area contributed by atoms with Crippen LogP contribution in [0.5, 0.6) is 11.5 Å². The summed E-state index contributed by atoms with van der Waals surface area (Å²) in [4.78, 5) is 49.3. The van der Waals surface area contributed by atoms with Crippen LogP contribution < -0.4 is 25.8 Å². The Hall–Kier alpha value is -6.74. The maximum atomic E-state index is 13.7. The van der Waals surface area contributed by atoms with E-state index in [1.165, 1.54) is 0 Å². The largest absolute Gasteiger partial charge is 0.491 e. The monoisotopic (exact) mass is 776 g/mol. The second-order valence-corrected chi connectivity index (χ2v) is 13.7. The minimum absolute atomic E-state index is 0.208. The van der Waals surface area contributed by atoms with E-state index in [4.69, 9.17) is 29.9 Å². The molecule has 0 fully saturated rings. The van der Waals surface area contributed by atoms with Gasteiger partial charge in [-0.25, -0.2) is 9.97 Å². The van der Waals surface area contributed by atoms with E-state index in [2.05, 4.69) is 26.9 Å². The number of hydrogen-bond acceptors (Lipinski definition) is 11. The highest BCUT2D eigenvalue weighted by Crippen LogP contribution is 2.39. The Morgan fingerprint density at radius 1 is 0.895 bits per heavy atom. The lowest BCUT2D eigenvalue weighted by Crippen LogP contribution is -2.26. The molecule has 18 nitrogen and oxygen atoms in total. The van der Waals surface area contributed by atoms with Gasteiger partial charge in [-0.3, -0.25) is 34.4 Å². The van der Waals surface area contributed by atoms with Gasteiger partial charge in [0, 0.05) is 51.4 Å². The third-order valence-corrected chi connectivity index (χ3v) is 9.76. The number of aryl methyl sites for hydroxylation is 5. The van der Waals surface area contributed by atoms with Crippen molar-refractivity contribution >= 4 is 51.7 Å². The second-order valence-electron chi connectivity index (χ2n) is 13.7. The number of anilines is 2. The number of primary amides is 1. The minimum Gasteiger partial charge on any atom is -0.491 e. The van der Waals surface area contributed by atoms with Crippen LogP contribution in [0.2, 0.25) is 0 Å². The second kappa shape index (κ2) is 16.2.